The summed E-state index contributed by atoms with van der Waals surface area (Å²) >= 11 is 7.10. The fourth-order valence-electron chi connectivity index (χ4n) is 2.00. The van der Waals surface area contributed by atoms with Crippen LogP contribution < -0.4 is 11.1 Å². The molecule has 0 bridgehead atoms. The van der Waals surface area contributed by atoms with Crippen LogP contribution in [0.1, 0.15) is 27.7 Å². The largest absolute Gasteiger partial charge is 0.457 e. The van der Waals surface area contributed by atoms with Crippen LogP contribution in [0.25, 0.3) is 0 Å². The number of ketones is 1. The van der Waals surface area contributed by atoms with Crippen molar-refractivity contribution >= 4 is 40.7 Å². The fourth-order valence-corrected chi connectivity index (χ4v) is 2.78. The lowest BCUT2D eigenvalue weighted by molar-refractivity contribution is -0.143. The summed E-state index contributed by atoms with van der Waals surface area (Å²) in [5.74, 6) is -0.891. The first-order valence-corrected chi connectivity index (χ1v) is 8.25. The van der Waals surface area contributed by atoms with E-state index in [4.69, 9.17) is 22.1 Å². The quantitative estimate of drug-likeness (QED) is 0.581. The van der Waals surface area contributed by atoms with Gasteiger partial charge in [0.25, 0.3) is 0 Å². The SMILES string of the molecule is NC(=O)N[C@@H](CC(=O)OCC(=O)c1cccs1)c1ccc(Cl)cc1. The summed E-state index contributed by atoms with van der Waals surface area (Å²) in [6.45, 7) is -0.344. The molecule has 24 heavy (non-hydrogen) atoms. The van der Waals surface area contributed by atoms with Gasteiger partial charge < -0.3 is 15.8 Å². The maximum Gasteiger partial charge on any atom is 0.312 e. The number of hydrogen-bond acceptors (Lipinski definition) is 5. The lowest BCUT2D eigenvalue weighted by atomic mass is 10.0. The number of hydrogen-bond donors (Lipinski definition) is 2. The van der Waals surface area contributed by atoms with Gasteiger partial charge in [-0.25, -0.2) is 4.79 Å². The highest BCUT2D eigenvalue weighted by Gasteiger charge is 2.19. The molecule has 0 spiro atoms. The average Bonchev–Trinajstić information content (AvgIpc) is 3.07. The van der Waals surface area contributed by atoms with Crippen molar-refractivity contribution < 1.29 is 19.1 Å². The molecule has 2 aromatic rings. The van der Waals surface area contributed by atoms with E-state index in [1.807, 2.05) is 0 Å². The van der Waals surface area contributed by atoms with Gasteiger partial charge in [-0.2, -0.15) is 0 Å². The molecule has 0 aliphatic rings. The third-order valence-electron chi connectivity index (χ3n) is 3.12. The molecule has 1 heterocycles. The fraction of sp³-hybridized carbons (Fsp3) is 0.188. The van der Waals surface area contributed by atoms with Gasteiger partial charge in [0.05, 0.1) is 17.3 Å². The molecule has 3 N–H and O–H groups in total. The smallest absolute Gasteiger partial charge is 0.312 e. The number of nitrogens with two attached hydrogens (primary N) is 1. The number of esters is 1. The van der Waals surface area contributed by atoms with E-state index in [9.17, 15) is 14.4 Å². The Labute approximate surface area is 147 Å². The van der Waals surface area contributed by atoms with E-state index in [0.717, 1.165) is 0 Å². The van der Waals surface area contributed by atoms with Gasteiger partial charge in [0.1, 0.15) is 0 Å². The second kappa shape index (κ2) is 8.47. The molecule has 0 saturated carbocycles. The van der Waals surface area contributed by atoms with E-state index < -0.39 is 18.0 Å². The minimum atomic E-state index is -0.766. The number of primary amides is 1. The van der Waals surface area contributed by atoms with Crippen LogP contribution >= 0.6 is 22.9 Å². The molecule has 0 unspecified atom stereocenters. The van der Waals surface area contributed by atoms with Crippen molar-refractivity contribution in [2.75, 3.05) is 6.61 Å². The van der Waals surface area contributed by atoms with E-state index in [-0.39, 0.29) is 18.8 Å². The number of urea groups is 1. The van der Waals surface area contributed by atoms with Crippen molar-refractivity contribution in [3.05, 3.63) is 57.2 Å². The van der Waals surface area contributed by atoms with Gasteiger partial charge in [-0.15, -0.1) is 11.3 Å². The highest BCUT2D eigenvalue weighted by molar-refractivity contribution is 7.12. The van der Waals surface area contributed by atoms with Crippen LogP contribution in [-0.2, 0) is 9.53 Å². The Morgan fingerprint density at radius 2 is 1.92 bits per heavy atom. The van der Waals surface area contributed by atoms with Crippen molar-refractivity contribution in [2.45, 2.75) is 12.5 Å². The first-order chi connectivity index (χ1) is 11.5. The molecule has 126 valence electrons. The molecule has 6 nitrogen and oxygen atoms in total. The van der Waals surface area contributed by atoms with E-state index in [1.165, 1.54) is 11.3 Å². The molecule has 2 rings (SSSR count). The van der Waals surface area contributed by atoms with Gasteiger partial charge in [0.2, 0.25) is 5.78 Å². The number of thiophene rings is 1. The Kier molecular flexibility index (Phi) is 6.34. The Hall–Kier alpha value is -2.38. The number of rotatable bonds is 7. The van der Waals surface area contributed by atoms with E-state index in [0.29, 0.717) is 15.5 Å². The summed E-state index contributed by atoms with van der Waals surface area (Å²) < 4.78 is 4.98. The lowest BCUT2D eigenvalue weighted by Crippen LogP contribution is -2.34. The van der Waals surface area contributed by atoms with Gasteiger partial charge in [-0.3, -0.25) is 9.59 Å². The van der Waals surface area contributed by atoms with Crippen molar-refractivity contribution in [1.82, 2.24) is 5.32 Å². The lowest BCUT2D eigenvalue weighted by Gasteiger charge is -2.17. The third kappa shape index (κ3) is 5.36. The molecule has 0 saturated heterocycles. The molecular formula is C16H15ClN2O4S. The van der Waals surface area contributed by atoms with Crippen LogP contribution in [0.4, 0.5) is 4.79 Å². The highest BCUT2D eigenvalue weighted by Crippen LogP contribution is 2.20. The molecule has 0 radical (unpaired) electrons. The zero-order valence-corrected chi connectivity index (χ0v) is 14.1. The minimum Gasteiger partial charge on any atom is -0.457 e. The van der Waals surface area contributed by atoms with Crippen LogP contribution in [-0.4, -0.2) is 24.4 Å². The number of Topliss-reactive ketones (excluding diaryl/α,β-unsaturated/α-hetero) is 1. The van der Waals surface area contributed by atoms with Crippen molar-refractivity contribution in [3.8, 4) is 0 Å². The van der Waals surface area contributed by atoms with E-state index in [2.05, 4.69) is 5.32 Å². The molecule has 1 aromatic carbocycles. The monoisotopic (exact) mass is 366 g/mol. The van der Waals surface area contributed by atoms with E-state index in [1.54, 1.807) is 41.8 Å². The summed E-state index contributed by atoms with van der Waals surface area (Å²) in [7, 11) is 0. The third-order valence-corrected chi connectivity index (χ3v) is 4.28. The number of ether oxygens (including phenoxy) is 1. The Balaban J connectivity index is 1.95. The van der Waals surface area contributed by atoms with Gasteiger partial charge in [0, 0.05) is 5.02 Å². The van der Waals surface area contributed by atoms with Gasteiger partial charge in [0.15, 0.2) is 6.61 Å². The van der Waals surface area contributed by atoms with E-state index >= 15 is 0 Å². The molecule has 0 fully saturated rings. The van der Waals surface area contributed by atoms with Crippen LogP contribution in [0.5, 0.6) is 0 Å². The molecule has 1 atom stereocenters. The van der Waals surface area contributed by atoms with Crippen molar-refractivity contribution in [1.29, 1.82) is 0 Å². The maximum absolute atomic E-state index is 12.0. The van der Waals surface area contributed by atoms with Gasteiger partial charge in [-0.1, -0.05) is 29.8 Å². The summed E-state index contributed by atoms with van der Waals surface area (Å²) in [4.78, 5) is 35.4. The second-order valence-electron chi connectivity index (χ2n) is 4.88. The van der Waals surface area contributed by atoms with Crippen molar-refractivity contribution in [3.63, 3.8) is 0 Å². The number of nitrogens with one attached hydrogen (secondary N) is 1. The molecule has 0 aliphatic carbocycles. The molecule has 0 aliphatic heterocycles. The molecular weight excluding hydrogens is 352 g/mol. The Morgan fingerprint density at radius 1 is 1.21 bits per heavy atom. The molecule has 2 amide bonds. The summed E-state index contributed by atoms with van der Waals surface area (Å²) in [5.41, 5.74) is 5.79. The number of amides is 2. The maximum atomic E-state index is 12.0. The van der Waals surface area contributed by atoms with Gasteiger partial charge >= 0.3 is 12.0 Å². The topological polar surface area (TPSA) is 98.5 Å². The first kappa shape index (κ1) is 18.0. The minimum absolute atomic E-state index is 0.151. The first-order valence-electron chi connectivity index (χ1n) is 6.99. The normalized spacial score (nSPS) is 11.5. The average molecular weight is 367 g/mol. The summed E-state index contributed by atoms with van der Waals surface area (Å²) in [5, 5.41) is 4.77. The predicted molar refractivity (Wildman–Crippen MR) is 91.1 cm³/mol. The van der Waals surface area contributed by atoms with Crippen LogP contribution in [0, 0.1) is 0 Å². The number of carbonyl (C=O) groups is 3. The number of carbonyl (C=O) groups excluding carboxylic acids is 3. The number of halogens is 1. The second-order valence-corrected chi connectivity index (χ2v) is 6.26. The zero-order valence-electron chi connectivity index (χ0n) is 12.5. The number of benzene rings is 1. The standard InChI is InChI=1S/C16H15ClN2O4S/c17-11-5-3-10(4-6-11)12(19-16(18)22)8-15(21)23-9-13(20)14-2-1-7-24-14/h1-7,12H,8-9H2,(H3,18,19,22)/t12-/m0/s1. The molecule has 8 heteroatoms. The Bertz CT molecular complexity index is 716. The van der Waals surface area contributed by atoms with Gasteiger partial charge in [-0.05, 0) is 29.1 Å². The summed E-state index contributed by atoms with van der Waals surface area (Å²) in [6, 6.07) is 8.59. The zero-order chi connectivity index (χ0) is 17.5. The van der Waals surface area contributed by atoms with Crippen LogP contribution in [0.3, 0.4) is 0 Å². The Morgan fingerprint density at radius 3 is 2.50 bits per heavy atom. The predicted octanol–water partition coefficient (Wildman–Crippen LogP) is 2.93. The van der Waals surface area contributed by atoms with Crippen LogP contribution in [0.15, 0.2) is 41.8 Å². The summed E-state index contributed by atoms with van der Waals surface area (Å²) in [6.07, 6.45) is -0.151. The molecule has 1 aromatic heterocycles. The van der Waals surface area contributed by atoms with Crippen molar-refractivity contribution in [2.24, 2.45) is 5.73 Å². The van der Waals surface area contributed by atoms with Crippen LogP contribution in [0.2, 0.25) is 5.02 Å². The highest BCUT2D eigenvalue weighted by atomic mass is 35.5.